The lowest BCUT2D eigenvalue weighted by atomic mass is 10.2. The first-order valence-corrected chi connectivity index (χ1v) is 7.74. The van der Waals surface area contributed by atoms with E-state index >= 15 is 0 Å². The lowest BCUT2D eigenvalue weighted by Gasteiger charge is -2.20. The van der Waals surface area contributed by atoms with Gasteiger partial charge in [-0.15, -0.1) is 0 Å². The van der Waals surface area contributed by atoms with Gasteiger partial charge in [-0.25, -0.2) is 0 Å². The van der Waals surface area contributed by atoms with Crippen LogP contribution in [0.2, 0.25) is 0 Å². The molecule has 0 saturated heterocycles. The van der Waals surface area contributed by atoms with Crippen LogP contribution in [0.25, 0.3) is 0 Å². The standard InChI is InChI=1S/C16H28N2O3/c1-13-10-15(21-16(13)11-17-14-4-5-14)12-18(6-8-19-2)7-9-20-3/h10,14,17H,4-9,11-12H2,1-3H3. The Morgan fingerprint density at radius 3 is 2.48 bits per heavy atom. The van der Waals surface area contributed by atoms with E-state index in [0.717, 1.165) is 50.9 Å². The Morgan fingerprint density at radius 2 is 1.90 bits per heavy atom. The van der Waals surface area contributed by atoms with Crippen LogP contribution in [0.1, 0.15) is 29.9 Å². The molecule has 1 aromatic heterocycles. The number of aryl methyl sites for hydroxylation is 1. The fourth-order valence-corrected chi connectivity index (χ4v) is 2.30. The van der Waals surface area contributed by atoms with Gasteiger partial charge >= 0.3 is 0 Å². The Hall–Kier alpha value is -0.880. The van der Waals surface area contributed by atoms with E-state index in [1.54, 1.807) is 14.2 Å². The fourth-order valence-electron chi connectivity index (χ4n) is 2.30. The molecule has 5 heteroatoms. The van der Waals surface area contributed by atoms with Crippen molar-refractivity contribution in [1.82, 2.24) is 10.2 Å². The highest BCUT2D eigenvalue weighted by Crippen LogP contribution is 2.21. The summed E-state index contributed by atoms with van der Waals surface area (Å²) in [6, 6.07) is 2.86. The van der Waals surface area contributed by atoms with E-state index in [0.29, 0.717) is 6.04 Å². The first-order chi connectivity index (χ1) is 10.2. The van der Waals surface area contributed by atoms with Crippen molar-refractivity contribution in [1.29, 1.82) is 0 Å². The van der Waals surface area contributed by atoms with E-state index in [1.165, 1.54) is 18.4 Å². The molecule has 21 heavy (non-hydrogen) atoms. The second-order valence-electron chi connectivity index (χ2n) is 5.74. The molecule has 5 nitrogen and oxygen atoms in total. The van der Waals surface area contributed by atoms with Crippen LogP contribution < -0.4 is 5.32 Å². The minimum absolute atomic E-state index is 0.706. The molecule has 0 aromatic carbocycles. The monoisotopic (exact) mass is 296 g/mol. The van der Waals surface area contributed by atoms with Gasteiger partial charge in [0.1, 0.15) is 11.5 Å². The quantitative estimate of drug-likeness (QED) is 0.676. The molecule has 0 aliphatic heterocycles. The van der Waals surface area contributed by atoms with Gasteiger partial charge in [-0.1, -0.05) is 0 Å². The molecule has 1 fully saturated rings. The molecule has 1 saturated carbocycles. The molecule has 0 amide bonds. The van der Waals surface area contributed by atoms with Crippen molar-refractivity contribution >= 4 is 0 Å². The number of rotatable bonds is 11. The minimum Gasteiger partial charge on any atom is -0.463 e. The third-order valence-electron chi connectivity index (χ3n) is 3.80. The average molecular weight is 296 g/mol. The largest absolute Gasteiger partial charge is 0.463 e. The highest BCUT2D eigenvalue weighted by molar-refractivity contribution is 5.20. The lowest BCUT2D eigenvalue weighted by molar-refractivity contribution is 0.106. The Bertz CT molecular complexity index is 408. The van der Waals surface area contributed by atoms with Crippen LogP contribution in [0.15, 0.2) is 10.5 Å². The zero-order valence-corrected chi connectivity index (χ0v) is 13.5. The molecule has 0 atom stereocenters. The van der Waals surface area contributed by atoms with Crippen molar-refractivity contribution in [3.8, 4) is 0 Å². The smallest absolute Gasteiger partial charge is 0.120 e. The van der Waals surface area contributed by atoms with E-state index < -0.39 is 0 Å². The summed E-state index contributed by atoms with van der Waals surface area (Å²) in [4.78, 5) is 2.30. The SMILES string of the molecule is COCCN(CCOC)Cc1cc(C)c(CNC2CC2)o1. The van der Waals surface area contributed by atoms with Crippen LogP contribution in [0.5, 0.6) is 0 Å². The minimum atomic E-state index is 0.706. The Morgan fingerprint density at radius 1 is 1.24 bits per heavy atom. The summed E-state index contributed by atoms with van der Waals surface area (Å²) in [7, 11) is 3.46. The summed E-state index contributed by atoms with van der Waals surface area (Å²) in [6.07, 6.45) is 2.60. The van der Waals surface area contributed by atoms with Gasteiger partial charge in [-0.3, -0.25) is 4.90 Å². The van der Waals surface area contributed by atoms with Gasteiger partial charge in [0, 0.05) is 33.4 Å². The molecule has 1 aliphatic carbocycles. The van der Waals surface area contributed by atoms with Crippen LogP contribution in [0.4, 0.5) is 0 Å². The lowest BCUT2D eigenvalue weighted by Crippen LogP contribution is -2.30. The topological polar surface area (TPSA) is 46.9 Å². The number of hydrogen-bond donors (Lipinski definition) is 1. The predicted octanol–water partition coefficient (Wildman–Crippen LogP) is 1.93. The first-order valence-electron chi connectivity index (χ1n) is 7.74. The third-order valence-corrected chi connectivity index (χ3v) is 3.80. The molecule has 0 unspecified atom stereocenters. The second-order valence-corrected chi connectivity index (χ2v) is 5.74. The highest BCUT2D eigenvalue weighted by Gasteiger charge is 2.21. The molecule has 0 bridgehead atoms. The van der Waals surface area contributed by atoms with E-state index in [4.69, 9.17) is 13.9 Å². The van der Waals surface area contributed by atoms with Gasteiger partial charge in [0.15, 0.2) is 0 Å². The predicted molar refractivity (Wildman–Crippen MR) is 82.3 cm³/mol. The summed E-state index contributed by atoms with van der Waals surface area (Å²) in [5.41, 5.74) is 1.23. The summed E-state index contributed by atoms with van der Waals surface area (Å²) in [6.45, 7) is 6.97. The number of hydrogen-bond acceptors (Lipinski definition) is 5. The number of ether oxygens (including phenoxy) is 2. The second kappa shape index (κ2) is 8.54. The zero-order chi connectivity index (χ0) is 15.1. The van der Waals surface area contributed by atoms with Crippen molar-refractivity contribution in [2.45, 2.75) is 38.9 Å². The molecule has 1 heterocycles. The van der Waals surface area contributed by atoms with Gasteiger partial charge in [-0.2, -0.15) is 0 Å². The average Bonchev–Trinajstić information content (AvgIpc) is 3.24. The van der Waals surface area contributed by atoms with Crippen molar-refractivity contribution in [2.24, 2.45) is 0 Å². The highest BCUT2D eigenvalue weighted by atomic mass is 16.5. The van der Waals surface area contributed by atoms with E-state index in [2.05, 4.69) is 23.2 Å². The molecular weight excluding hydrogens is 268 g/mol. The number of furan rings is 1. The summed E-state index contributed by atoms with van der Waals surface area (Å²) >= 11 is 0. The number of nitrogens with one attached hydrogen (secondary N) is 1. The van der Waals surface area contributed by atoms with Crippen LogP contribution in [-0.4, -0.2) is 51.5 Å². The number of nitrogens with zero attached hydrogens (tertiary/aromatic N) is 1. The maximum atomic E-state index is 6.00. The Kier molecular flexibility index (Phi) is 6.70. The zero-order valence-electron chi connectivity index (χ0n) is 13.5. The van der Waals surface area contributed by atoms with Crippen molar-refractivity contribution in [2.75, 3.05) is 40.5 Å². The molecule has 0 radical (unpaired) electrons. The van der Waals surface area contributed by atoms with Crippen LogP contribution >= 0.6 is 0 Å². The molecule has 120 valence electrons. The summed E-state index contributed by atoms with van der Waals surface area (Å²) < 4.78 is 16.3. The van der Waals surface area contributed by atoms with Gasteiger partial charge in [0.05, 0.1) is 26.3 Å². The van der Waals surface area contributed by atoms with Gasteiger partial charge in [0.2, 0.25) is 0 Å². The van der Waals surface area contributed by atoms with Crippen molar-refractivity contribution in [3.63, 3.8) is 0 Å². The molecule has 1 aromatic rings. The number of methoxy groups -OCH3 is 2. The molecular formula is C16H28N2O3. The van der Waals surface area contributed by atoms with Gasteiger partial charge in [-0.05, 0) is 31.4 Å². The van der Waals surface area contributed by atoms with Gasteiger partial charge < -0.3 is 19.2 Å². The van der Waals surface area contributed by atoms with E-state index in [1.807, 2.05) is 0 Å². The molecule has 1 aliphatic rings. The van der Waals surface area contributed by atoms with Crippen LogP contribution in [-0.2, 0) is 22.6 Å². The first kappa shape index (κ1) is 16.5. The van der Waals surface area contributed by atoms with E-state index in [9.17, 15) is 0 Å². The van der Waals surface area contributed by atoms with Crippen LogP contribution in [0.3, 0.4) is 0 Å². The fraction of sp³-hybridized carbons (Fsp3) is 0.750. The Labute approximate surface area is 127 Å². The Balaban J connectivity index is 1.86. The summed E-state index contributed by atoms with van der Waals surface area (Å²) in [5, 5.41) is 3.50. The molecule has 2 rings (SSSR count). The van der Waals surface area contributed by atoms with E-state index in [-0.39, 0.29) is 0 Å². The van der Waals surface area contributed by atoms with Crippen LogP contribution in [0, 0.1) is 6.92 Å². The molecule has 0 spiro atoms. The summed E-state index contributed by atoms with van der Waals surface area (Å²) in [5.74, 6) is 2.09. The van der Waals surface area contributed by atoms with Crippen molar-refractivity contribution in [3.05, 3.63) is 23.2 Å². The maximum Gasteiger partial charge on any atom is 0.120 e. The van der Waals surface area contributed by atoms with Crippen molar-refractivity contribution < 1.29 is 13.9 Å². The maximum absolute atomic E-state index is 6.00. The normalized spacial score (nSPS) is 15.0. The molecule has 1 N–H and O–H groups in total. The van der Waals surface area contributed by atoms with Gasteiger partial charge in [0.25, 0.3) is 0 Å². The third kappa shape index (κ3) is 5.79.